The zero-order valence-electron chi connectivity index (χ0n) is 11.0. The summed E-state index contributed by atoms with van der Waals surface area (Å²) in [5.74, 6) is -0.772. The molecule has 3 nitrogen and oxygen atoms in total. The van der Waals surface area contributed by atoms with Crippen molar-refractivity contribution in [3.8, 4) is 0 Å². The first-order valence-electron chi connectivity index (χ1n) is 5.42. The lowest BCUT2D eigenvalue weighted by atomic mass is 10.1. The number of halogens is 4. The molecule has 8 heteroatoms. The molecule has 0 N–H and O–H groups in total. The fourth-order valence-corrected chi connectivity index (χ4v) is 2.97. The average molecular weight is 369 g/mol. The minimum atomic E-state index is -4.61. The zero-order chi connectivity index (χ0) is 15.5. The molecule has 1 rings (SSSR count). The van der Waals surface area contributed by atoms with Crippen molar-refractivity contribution in [3.05, 3.63) is 26.9 Å². The van der Waals surface area contributed by atoms with Gasteiger partial charge in [0.25, 0.3) is 0 Å². The number of rotatable bonds is 4. The molecule has 1 heterocycles. The van der Waals surface area contributed by atoms with Gasteiger partial charge in [-0.25, -0.2) is 0 Å². The molecule has 0 spiro atoms. The number of hydrazone groups is 1. The monoisotopic (exact) mass is 368 g/mol. The van der Waals surface area contributed by atoms with Gasteiger partial charge >= 0.3 is 6.18 Å². The maximum Gasteiger partial charge on any atom is 0.417 e. The van der Waals surface area contributed by atoms with Crippen molar-refractivity contribution < 1.29 is 18.0 Å². The van der Waals surface area contributed by atoms with Crippen molar-refractivity contribution in [3.63, 3.8) is 0 Å². The molecule has 0 amide bonds. The lowest BCUT2D eigenvalue weighted by molar-refractivity contribution is -0.109. The van der Waals surface area contributed by atoms with Gasteiger partial charge < -0.3 is 5.01 Å². The molecule has 0 saturated carbocycles. The predicted molar refractivity (Wildman–Crippen MR) is 77.9 cm³/mol. The summed E-state index contributed by atoms with van der Waals surface area (Å²) in [6.07, 6.45) is -4.03. The highest BCUT2D eigenvalue weighted by atomic mass is 79.9. The molecule has 0 atom stereocenters. The summed E-state index contributed by atoms with van der Waals surface area (Å²) in [5.41, 5.74) is -0.984. The van der Waals surface area contributed by atoms with Crippen molar-refractivity contribution in [1.82, 2.24) is 5.01 Å². The molecule has 0 saturated heterocycles. The van der Waals surface area contributed by atoms with Crippen LogP contribution in [0.25, 0.3) is 5.57 Å². The highest BCUT2D eigenvalue weighted by molar-refractivity contribution is 9.10. The Balaban J connectivity index is 3.24. The first-order chi connectivity index (χ1) is 9.12. The van der Waals surface area contributed by atoms with E-state index >= 15 is 0 Å². The van der Waals surface area contributed by atoms with Crippen LogP contribution in [0.15, 0.2) is 27.1 Å². The van der Waals surface area contributed by atoms with E-state index in [1.54, 1.807) is 14.1 Å². The van der Waals surface area contributed by atoms with Crippen LogP contribution in [0.3, 0.4) is 0 Å². The summed E-state index contributed by atoms with van der Waals surface area (Å²) in [6.45, 7) is 1.37. The Morgan fingerprint density at radius 1 is 1.45 bits per heavy atom. The van der Waals surface area contributed by atoms with Gasteiger partial charge in [0.15, 0.2) is 0 Å². The molecule has 1 aromatic rings. The van der Waals surface area contributed by atoms with E-state index in [0.29, 0.717) is 10.5 Å². The molecule has 20 heavy (non-hydrogen) atoms. The van der Waals surface area contributed by atoms with Gasteiger partial charge in [-0.2, -0.15) is 18.3 Å². The summed E-state index contributed by atoms with van der Waals surface area (Å²) in [6, 6.07) is 1.50. The van der Waals surface area contributed by atoms with Crippen LogP contribution < -0.4 is 0 Å². The second-order valence-corrected chi connectivity index (χ2v) is 5.82. The molecule has 0 aliphatic heterocycles. The van der Waals surface area contributed by atoms with E-state index < -0.39 is 17.5 Å². The third kappa shape index (κ3) is 4.45. The molecule has 0 aliphatic rings. The van der Waals surface area contributed by atoms with Gasteiger partial charge in [0.05, 0.1) is 10.5 Å². The summed E-state index contributed by atoms with van der Waals surface area (Å²) in [4.78, 5) is 11.8. The molecule has 0 fully saturated rings. The average Bonchev–Trinajstić information content (AvgIpc) is 2.69. The van der Waals surface area contributed by atoms with Crippen molar-refractivity contribution in [1.29, 1.82) is 0 Å². The number of nitrogens with zero attached hydrogens (tertiary/aromatic N) is 2. The molecule has 0 unspecified atom stereocenters. The Morgan fingerprint density at radius 2 is 2.05 bits per heavy atom. The maximum atomic E-state index is 13.1. The minimum Gasteiger partial charge on any atom is -0.303 e. The van der Waals surface area contributed by atoms with Gasteiger partial charge in [-0.05, 0) is 34.3 Å². The maximum absolute atomic E-state index is 13.1. The normalized spacial score (nSPS) is 13.6. The van der Waals surface area contributed by atoms with Crippen LogP contribution in [0, 0.1) is 0 Å². The third-order valence-corrected chi connectivity index (χ3v) is 4.02. The topological polar surface area (TPSA) is 32.7 Å². The highest BCUT2D eigenvalue weighted by Gasteiger charge is 2.37. The zero-order valence-corrected chi connectivity index (χ0v) is 13.4. The Morgan fingerprint density at radius 3 is 2.45 bits per heavy atom. The largest absolute Gasteiger partial charge is 0.417 e. The summed E-state index contributed by atoms with van der Waals surface area (Å²) < 4.78 is 39.5. The first kappa shape index (κ1) is 16.9. The van der Waals surface area contributed by atoms with Gasteiger partial charge in [-0.1, -0.05) is 0 Å². The second kappa shape index (κ2) is 6.53. The molecule has 110 valence electrons. The Bertz CT molecular complexity index is 561. The van der Waals surface area contributed by atoms with Crippen molar-refractivity contribution >= 4 is 44.3 Å². The van der Waals surface area contributed by atoms with Crippen LogP contribution in [0.1, 0.15) is 11.8 Å². The Hall–Kier alpha value is -1.15. The number of thiophene rings is 1. The molecular weight excluding hydrogens is 357 g/mol. The van der Waals surface area contributed by atoms with E-state index in [9.17, 15) is 18.0 Å². The predicted octanol–water partition coefficient (Wildman–Crippen LogP) is 3.96. The number of ketones is 1. The third-order valence-electron chi connectivity index (χ3n) is 2.15. The Labute approximate surface area is 126 Å². The fourth-order valence-electron chi connectivity index (χ4n) is 1.35. The smallest absolute Gasteiger partial charge is 0.303 e. The summed E-state index contributed by atoms with van der Waals surface area (Å²) in [7, 11) is 3.17. The van der Waals surface area contributed by atoms with Gasteiger partial charge in [-0.3, -0.25) is 4.79 Å². The summed E-state index contributed by atoms with van der Waals surface area (Å²) >= 11 is 3.96. The van der Waals surface area contributed by atoms with E-state index in [1.165, 1.54) is 23.4 Å². The van der Waals surface area contributed by atoms with Gasteiger partial charge in [0, 0.05) is 24.6 Å². The van der Waals surface area contributed by atoms with E-state index in [0.717, 1.165) is 11.3 Å². The van der Waals surface area contributed by atoms with Crippen molar-refractivity contribution in [2.45, 2.75) is 13.1 Å². The molecule has 0 bridgehead atoms. The van der Waals surface area contributed by atoms with Crippen LogP contribution in [-0.4, -0.2) is 36.8 Å². The number of hydrogen-bond acceptors (Lipinski definition) is 4. The van der Waals surface area contributed by atoms with Crippen LogP contribution >= 0.6 is 27.3 Å². The quantitative estimate of drug-likeness (QED) is 0.457. The van der Waals surface area contributed by atoms with Crippen molar-refractivity contribution in [2.75, 3.05) is 14.1 Å². The molecule has 0 radical (unpaired) electrons. The standard InChI is InChI=1S/C12H12BrF3N2OS/c1-7(17-18(2)3)10(19)6-8(12(14,15)16)11-9(13)4-5-20-11/h4-6H,1-3H3/b8-6-,17-7+. The number of hydrogen-bond donors (Lipinski definition) is 0. The summed E-state index contributed by atoms with van der Waals surface area (Å²) in [5, 5.41) is 6.67. The molecule has 0 aromatic carbocycles. The van der Waals surface area contributed by atoms with Gasteiger partial charge in [0.1, 0.15) is 5.71 Å². The number of carbonyl (C=O) groups excluding carboxylic acids is 1. The molecule has 0 aliphatic carbocycles. The fraction of sp³-hybridized carbons (Fsp3) is 0.333. The van der Waals surface area contributed by atoms with E-state index in [1.807, 2.05) is 0 Å². The van der Waals surface area contributed by atoms with Gasteiger partial charge in [-0.15, -0.1) is 11.3 Å². The van der Waals surface area contributed by atoms with Gasteiger partial charge in [0.2, 0.25) is 5.78 Å². The van der Waals surface area contributed by atoms with E-state index in [2.05, 4.69) is 21.0 Å². The van der Waals surface area contributed by atoms with Crippen LogP contribution in [0.2, 0.25) is 0 Å². The SMILES string of the molecule is C/C(=N\N(C)C)C(=O)/C=C(/c1sccc1Br)C(F)(F)F. The molecular formula is C12H12BrF3N2OS. The Kier molecular flexibility index (Phi) is 5.52. The first-order valence-corrected chi connectivity index (χ1v) is 7.09. The van der Waals surface area contributed by atoms with Crippen LogP contribution in [0.5, 0.6) is 0 Å². The minimum absolute atomic E-state index is 0.00979. The van der Waals surface area contributed by atoms with Crippen molar-refractivity contribution in [2.24, 2.45) is 5.10 Å². The van der Waals surface area contributed by atoms with Crippen LogP contribution in [0.4, 0.5) is 13.2 Å². The highest BCUT2D eigenvalue weighted by Crippen LogP contribution is 2.40. The lowest BCUT2D eigenvalue weighted by Crippen LogP contribution is -2.17. The number of allylic oxidation sites excluding steroid dienone is 2. The lowest BCUT2D eigenvalue weighted by Gasteiger charge is -2.11. The van der Waals surface area contributed by atoms with E-state index in [-0.39, 0.29) is 10.6 Å². The van der Waals surface area contributed by atoms with Crippen LogP contribution in [-0.2, 0) is 4.79 Å². The molecule has 1 aromatic heterocycles. The van der Waals surface area contributed by atoms with E-state index in [4.69, 9.17) is 0 Å². The second-order valence-electron chi connectivity index (χ2n) is 4.05. The number of alkyl halides is 3. The number of carbonyl (C=O) groups is 1.